The molecule has 176 valence electrons. The first-order valence-electron chi connectivity index (χ1n) is 9.85. The molecule has 0 bridgehead atoms. The Bertz CT molecular complexity index is 1040. The molecular weight excluding hydrogens is 447 g/mol. The van der Waals surface area contributed by atoms with Gasteiger partial charge in [0.1, 0.15) is 17.5 Å². The van der Waals surface area contributed by atoms with Crippen molar-refractivity contribution in [2.24, 2.45) is 0 Å². The molecule has 0 saturated carbocycles. The highest BCUT2D eigenvalue weighted by atomic mass is 32.2. The second-order valence-electron chi connectivity index (χ2n) is 8.32. The topological polar surface area (TPSA) is 126 Å². The highest BCUT2D eigenvalue weighted by Crippen LogP contribution is 2.32. The summed E-state index contributed by atoms with van der Waals surface area (Å²) in [4.78, 5) is 36.6. The van der Waals surface area contributed by atoms with E-state index in [1.54, 1.807) is 20.8 Å². The summed E-state index contributed by atoms with van der Waals surface area (Å²) >= 11 is 0. The number of ether oxygens (including phenoxy) is 2. The molecule has 2 saturated heterocycles. The van der Waals surface area contributed by atoms with Crippen LogP contribution in [0.4, 0.5) is 25.4 Å². The second kappa shape index (κ2) is 8.45. The Morgan fingerprint density at radius 2 is 1.97 bits per heavy atom. The monoisotopic (exact) mass is 472 g/mol. The summed E-state index contributed by atoms with van der Waals surface area (Å²) in [5.41, 5.74) is -0.987. The van der Waals surface area contributed by atoms with Gasteiger partial charge in [0.25, 0.3) is 0 Å². The summed E-state index contributed by atoms with van der Waals surface area (Å²) in [6, 6.07) is 3.62. The predicted molar refractivity (Wildman–Crippen MR) is 112 cm³/mol. The van der Waals surface area contributed by atoms with Gasteiger partial charge < -0.3 is 14.8 Å². The molecule has 2 fully saturated rings. The van der Waals surface area contributed by atoms with Gasteiger partial charge in [-0.25, -0.2) is 18.3 Å². The van der Waals surface area contributed by atoms with Crippen molar-refractivity contribution < 1.29 is 36.7 Å². The van der Waals surface area contributed by atoms with Gasteiger partial charge in [0.15, 0.2) is 0 Å². The fourth-order valence-corrected chi connectivity index (χ4v) is 4.72. The lowest BCUT2D eigenvalue weighted by molar-refractivity contribution is -0.119. The fraction of sp³-hybridized carbons (Fsp3) is 0.526. The number of rotatable bonds is 4. The minimum atomic E-state index is -4.34. The van der Waals surface area contributed by atoms with Crippen LogP contribution in [0, 0.1) is 5.82 Å². The molecule has 2 heterocycles. The summed E-state index contributed by atoms with van der Waals surface area (Å²) in [6.45, 7) is 6.01. The van der Waals surface area contributed by atoms with Crippen LogP contribution in [0.5, 0.6) is 0 Å². The van der Waals surface area contributed by atoms with Crippen LogP contribution in [0.3, 0.4) is 0 Å². The third-order valence-electron chi connectivity index (χ3n) is 4.62. The van der Waals surface area contributed by atoms with E-state index in [1.165, 1.54) is 24.0 Å². The molecular formula is C19H25FN4O7S. The average Bonchev–Trinajstić information content (AvgIpc) is 3.17. The van der Waals surface area contributed by atoms with Crippen molar-refractivity contribution in [3.05, 3.63) is 24.0 Å². The Morgan fingerprint density at radius 3 is 2.56 bits per heavy atom. The molecule has 0 aromatic heterocycles. The van der Waals surface area contributed by atoms with Crippen LogP contribution in [-0.2, 0) is 24.5 Å². The summed E-state index contributed by atoms with van der Waals surface area (Å²) in [6.07, 6.45) is -2.35. The van der Waals surface area contributed by atoms with Gasteiger partial charge in [-0.1, -0.05) is 0 Å². The molecule has 13 heteroatoms. The Morgan fingerprint density at radius 1 is 1.28 bits per heavy atom. The Labute approximate surface area is 185 Å². The highest BCUT2D eigenvalue weighted by molar-refractivity contribution is 7.91. The molecule has 0 radical (unpaired) electrons. The summed E-state index contributed by atoms with van der Waals surface area (Å²) in [5.74, 6) is -1.17. The zero-order chi connectivity index (χ0) is 23.8. The van der Waals surface area contributed by atoms with Gasteiger partial charge >= 0.3 is 22.4 Å². The molecule has 1 N–H and O–H groups in total. The minimum Gasteiger partial charge on any atom is -0.443 e. The van der Waals surface area contributed by atoms with Gasteiger partial charge in [-0.15, -0.1) is 0 Å². The normalized spacial score (nSPS) is 20.3. The van der Waals surface area contributed by atoms with Crippen molar-refractivity contribution >= 4 is 39.7 Å². The van der Waals surface area contributed by atoms with E-state index in [0.717, 1.165) is 10.4 Å². The van der Waals surface area contributed by atoms with E-state index in [9.17, 15) is 27.2 Å². The molecule has 0 spiro atoms. The molecule has 1 aromatic rings. The third kappa shape index (κ3) is 4.87. The van der Waals surface area contributed by atoms with Gasteiger partial charge in [0, 0.05) is 6.92 Å². The Balaban J connectivity index is 1.76. The molecule has 0 aliphatic carbocycles. The molecule has 3 rings (SSSR count). The average molecular weight is 472 g/mol. The zero-order valence-corrected chi connectivity index (χ0v) is 18.9. The minimum absolute atomic E-state index is 0.0896. The van der Waals surface area contributed by atoms with Crippen molar-refractivity contribution in [1.29, 1.82) is 0 Å². The number of nitrogens with one attached hydrogen (secondary N) is 1. The quantitative estimate of drug-likeness (QED) is 0.705. The van der Waals surface area contributed by atoms with E-state index in [4.69, 9.17) is 9.47 Å². The van der Waals surface area contributed by atoms with Crippen LogP contribution >= 0.6 is 0 Å². The van der Waals surface area contributed by atoms with E-state index >= 15 is 0 Å². The number of carbonyl (C=O) groups is 3. The van der Waals surface area contributed by atoms with Gasteiger partial charge in [-0.3, -0.25) is 9.69 Å². The standard InChI is InChI=1S/C19H25FN4O7S/c1-12(25)21-10-14-11-22(17(26)30-14)13-5-6-16(15(20)9-13)23-7-8-24(32(23,28)29)18(27)31-19(2,3)4/h5-6,9,14H,7-8,10-11H2,1-4H3,(H,21,25)/t14-/m0/s1. The van der Waals surface area contributed by atoms with Gasteiger partial charge in [-0.05, 0) is 39.0 Å². The lowest BCUT2D eigenvalue weighted by Crippen LogP contribution is -2.40. The van der Waals surface area contributed by atoms with Crippen molar-refractivity contribution in [2.75, 3.05) is 35.4 Å². The maximum atomic E-state index is 14.9. The van der Waals surface area contributed by atoms with Gasteiger partial charge in [0.2, 0.25) is 5.91 Å². The summed E-state index contributed by atoms with van der Waals surface area (Å²) in [5, 5.41) is 2.54. The fourth-order valence-electron chi connectivity index (χ4n) is 3.24. The Hall–Kier alpha value is -3.09. The van der Waals surface area contributed by atoms with E-state index in [0.29, 0.717) is 4.31 Å². The molecule has 11 nitrogen and oxygen atoms in total. The smallest absolute Gasteiger partial charge is 0.425 e. The van der Waals surface area contributed by atoms with E-state index in [1.807, 2.05) is 0 Å². The zero-order valence-electron chi connectivity index (χ0n) is 18.1. The van der Waals surface area contributed by atoms with Gasteiger partial charge in [-0.2, -0.15) is 12.7 Å². The summed E-state index contributed by atoms with van der Waals surface area (Å²) < 4.78 is 52.1. The molecule has 2 aliphatic heterocycles. The van der Waals surface area contributed by atoms with Crippen molar-refractivity contribution in [1.82, 2.24) is 9.62 Å². The maximum Gasteiger partial charge on any atom is 0.425 e. The number of anilines is 2. The van der Waals surface area contributed by atoms with Crippen molar-refractivity contribution in [2.45, 2.75) is 39.4 Å². The lowest BCUT2D eigenvalue weighted by Gasteiger charge is -2.25. The predicted octanol–water partition coefficient (Wildman–Crippen LogP) is 1.59. The first-order chi connectivity index (χ1) is 14.8. The number of nitrogens with zero attached hydrogens (tertiary/aromatic N) is 3. The first-order valence-corrected chi connectivity index (χ1v) is 11.2. The maximum absolute atomic E-state index is 14.9. The van der Waals surface area contributed by atoms with E-state index in [-0.39, 0.29) is 43.5 Å². The van der Waals surface area contributed by atoms with Crippen LogP contribution in [0.25, 0.3) is 0 Å². The largest absolute Gasteiger partial charge is 0.443 e. The summed E-state index contributed by atoms with van der Waals surface area (Å²) in [7, 11) is -4.34. The SMILES string of the molecule is CC(=O)NC[C@H]1CN(c2ccc(N3CCN(C(=O)OC(C)(C)C)S3(=O)=O)c(F)c2)C(=O)O1. The van der Waals surface area contributed by atoms with Crippen LogP contribution in [0.15, 0.2) is 18.2 Å². The van der Waals surface area contributed by atoms with Crippen molar-refractivity contribution in [3.8, 4) is 0 Å². The lowest BCUT2D eigenvalue weighted by atomic mass is 10.2. The molecule has 2 aliphatic rings. The van der Waals surface area contributed by atoms with Crippen LogP contribution in [0.2, 0.25) is 0 Å². The van der Waals surface area contributed by atoms with E-state index in [2.05, 4.69) is 5.32 Å². The molecule has 0 unspecified atom stereocenters. The van der Waals surface area contributed by atoms with Crippen LogP contribution in [-0.4, -0.2) is 68.7 Å². The number of halogens is 1. The second-order valence-corrected chi connectivity index (χ2v) is 10.1. The van der Waals surface area contributed by atoms with Crippen LogP contribution < -0.4 is 14.5 Å². The number of benzene rings is 1. The van der Waals surface area contributed by atoms with Crippen molar-refractivity contribution in [3.63, 3.8) is 0 Å². The molecule has 1 aromatic carbocycles. The molecule has 1 atom stereocenters. The highest BCUT2D eigenvalue weighted by Gasteiger charge is 2.43. The molecule has 3 amide bonds. The number of cyclic esters (lactones) is 1. The number of hydrogen-bond acceptors (Lipinski definition) is 7. The molecule has 32 heavy (non-hydrogen) atoms. The third-order valence-corrected chi connectivity index (χ3v) is 6.45. The van der Waals surface area contributed by atoms with Crippen LogP contribution in [0.1, 0.15) is 27.7 Å². The van der Waals surface area contributed by atoms with E-state index < -0.39 is 39.9 Å². The van der Waals surface area contributed by atoms with Gasteiger partial charge in [0.05, 0.1) is 37.6 Å². The first kappa shape index (κ1) is 23.6. The number of hydrogen-bond donors (Lipinski definition) is 1. The number of carbonyl (C=O) groups excluding carboxylic acids is 3. The number of amides is 3. The Kier molecular flexibility index (Phi) is 6.22.